The zero-order valence-electron chi connectivity index (χ0n) is 38.3. The Balaban J connectivity index is 1.11. The molecule has 3 heterocycles. The highest BCUT2D eigenvalue weighted by Crippen LogP contribution is 2.66. The number of hydrogen-bond acceptors (Lipinski definition) is 5. The van der Waals surface area contributed by atoms with Crippen molar-refractivity contribution in [2.24, 2.45) is 0 Å². The fourth-order valence-electron chi connectivity index (χ4n) is 13.0. The minimum Gasteiger partial charge on any atom is -0.426 e. The van der Waals surface area contributed by atoms with Crippen LogP contribution in [0.25, 0.3) is 66.5 Å². The molecule has 14 rings (SSSR count). The third kappa shape index (κ3) is 6.04. The Morgan fingerprint density at radius 1 is 0.371 bits per heavy atom. The molecule has 0 bridgehead atoms. The first-order valence-electron chi connectivity index (χ1n) is 24.3. The lowest BCUT2D eigenvalue weighted by Gasteiger charge is -2.47. The molecule has 332 valence electrons. The van der Waals surface area contributed by atoms with E-state index in [0.717, 1.165) is 89.6 Å². The van der Waals surface area contributed by atoms with Crippen molar-refractivity contribution in [1.82, 2.24) is 15.0 Å². The predicted octanol–water partition coefficient (Wildman–Crippen LogP) is 14.5. The van der Waals surface area contributed by atoms with E-state index in [1.807, 2.05) is 36.4 Å². The van der Waals surface area contributed by atoms with Crippen LogP contribution in [0.5, 0.6) is 5.75 Å². The summed E-state index contributed by atoms with van der Waals surface area (Å²) in [5.74, 6) is 0.222. The van der Waals surface area contributed by atoms with Crippen LogP contribution in [0.3, 0.4) is 0 Å². The lowest BCUT2D eigenvalue weighted by Crippen LogP contribution is -2.45. The van der Waals surface area contributed by atoms with E-state index in [4.69, 9.17) is 19.7 Å². The second kappa shape index (κ2) is 15.5. The summed E-state index contributed by atoms with van der Waals surface area (Å²) in [7, 11) is 0. The van der Waals surface area contributed by atoms with Crippen molar-refractivity contribution in [3.8, 4) is 39.5 Å². The van der Waals surface area contributed by atoms with Gasteiger partial charge in [0.05, 0.1) is 40.1 Å². The Labute approximate surface area is 406 Å². The van der Waals surface area contributed by atoms with Gasteiger partial charge in [-0.25, -0.2) is 15.0 Å². The van der Waals surface area contributed by atoms with Gasteiger partial charge in [0.25, 0.3) is 0 Å². The smallest absolute Gasteiger partial charge is 0.312 e. The normalized spacial score (nSPS) is 19.0. The Bertz CT molecular complexity index is 3930. The molecular formula is C65H45N3O2. The fourth-order valence-corrected chi connectivity index (χ4v) is 13.0. The Morgan fingerprint density at radius 2 is 0.743 bits per heavy atom. The van der Waals surface area contributed by atoms with Gasteiger partial charge < -0.3 is 4.74 Å². The molecule has 8 aromatic carbocycles. The van der Waals surface area contributed by atoms with Crippen LogP contribution in [0.15, 0.2) is 224 Å². The van der Waals surface area contributed by atoms with Gasteiger partial charge in [0, 0.05) is 49.1 Å². The summed E-state index contributed by atoms with van der Waals surface area (Å²) in [5, 5.41) is 3.21. The fraction of sp³-hybridized carbons (Fsp3) is 0.108. The van der Waals surface area contributed by atoms with Crippen molar-refractivity contribution >= 4 is 38.7 Å². The number of esters is 1. The van der Waals surface area contributed by atoms with Crippen LogP contribution >= 0.6 is 0 Å². The lowest BCUT2D eigenvalue weighted by atomic mass is 9.55. The first-order chi connectivity index (χ1) is 34.5. The third-order valence-electron chi connectivity index (χ3n) is 15.8. The second-order valence-electron chi connectivity index (χ2n) is 19.6. The summed E-state index contributed by atoms with van der Waals surface area (Å²) in [6.45, 7) is 0. The molecule has 0 spiro atoms. The predicted molar refractivity (Wildman–Crippen MR) is 280 cm³/mol. The summed E-state index contributed by atoms with van der Waals surface area (Å²) >= 11 is 0. The molecule has 0 saturated heterocycles. The van der Waals surface area contributed by atoms with Crippen molar-refractivity contribution in [2.75, 3.05) is 0 Å². The molecule has 0 fully saturated rings. The van der Waals surface area contributed by atoms with Crippen molar-refractivity contribution < 1.29 is 9.53 Å². The molecule has 0 aliphatic heterocycles. The van der Waals surface area contributed by atoms with E-state index in [0.29, 0.717) is 18.6 Å². The maximum Gasteiger partial charge on any atom is 0.312 e. The summed E-state index contributed by atoms with van der Waals surface area (Å²) in [4.78, 5) is 31.9. The zero-order chi connectivity index (χ0) is 46.4. The number of nitrogens with zero attached hydrogens (tertiary/aromatic N) is 3. The summed E-state index contributed by atoms with van der Waals surface area (Å²) in [6.07, 6.45) is 1.97. The molecule has 3 aliphatic carbocycles. The van der Waals surface area contributed by atoms with Crippen molar-refractivity contribution in [2.45, 2.75) is 41.9 Å². The van der Waals surface area contributed by atoms with Crippen LogP contribution in [0.4, 0.5) is 0 Å². The van der Waals surface area contributed by atoms with Crippen LogP contribution in [-0.2, 0) is 27.5 Å². The number of rotatable bonds is 9. The van der Waals surface area contributed by atoms with E-state index in [-0.39, 0.29) is 12.4 Å². The van der Waals surface area contributed by atoms with Crippen molar-refractivity contribution in [3.63, 3.8) is 0 Å². The maximum atomic E-state index is 15.2. The molecular weight excluding hydrogens is 855 g/mol. The highest BCUT2D eigenvalue weighted by atomic mass is 16.5. The molecule has 0 radical (unpaired) electrons. The van der Waals surface area contributed by atoms with Crippen molar-refractivity contribution in [3.05, 3.63) is 263 Å². The quantitative estimate of drug-likeness (QED) is 0.107. The number of hydrogen-bond donors (Lipinski definition) is 0. The number of fused-ring (bicyclic) bond motifs is 12. The standard InChI is InChI=1S/C65H45N3O2/c69-59(70-46-24-5-2-6-25-46)39-64(51-30-14-11-27-48(51)61-54(64)36-44-22-8-17-33-57(44)67-61)41-65(52-31-15-12-28-49(52)62-55(65)37-45-23-9-18-34-58(45)68-62)40-63(38-42-19-3-1-4-20-42)50-29-13-10-26-47(50)60-53(63)35-43-21-7-16-32-56(43)66-60/h1-37H,38-41H2/t63-,64+,65-/m1/s1. The van der Waals surface area contributed by atoms with E-state index in [2.05, 4.69) is 188 Å². The Hall–Kier alpha value is -8.54. The number of benzene rings is 8. The maximum absolute atomic E-state index is 15.2. The second-order valence-corrected chi connectivity index (χ2v) is 19.6. The van der Waals surface area contributed by atoms with Crippen LogP contribution in [0.1, 0.15) is 58.2 Å². The minimum atomic E-state index is -0.925. The molecule has 0 N–H and O–H groups in total. The topological polar surface area (TPSA) is 65.0 Å². The third-order valence-corrected chi connectivity index (χ3v) is 15.8. The number of carbonyl (C=O) groups excluding carboxylic acids is 1. The van der Waals surface area contributed by atoms with Crippen LogP contribution in [-0.4, -0.2) is 20.9 Å². The van der Waals surface area contributed by atoms with E-state index >= 15 is 4.79 Å². The minimum absolute atomic E-state index is 0.0806. The monoisotopic (exact) mass is 899 g/mol. The van der Waals surface area contributed by atoms with Crippen LogP contribution in [0.2, 0.25) is 0 Å². The highest BCUT2D eigenvalue weighted by Gasteiger charge is 2.59. The van der Waals surface area contributed by atoms with Gasteiger partial charge in [0.1, 0.15) is 5.75 Å². The van der Waals surface area contributed by atoms with E-state index in [1.54, 1.807) is 0 Å². The molecule has 11 aromatic rings. The average molecular weight is 900 g/mol. The van der Waals surface area contributed by atoms with Gasteiger partial charge in [-0.3, -0.25) is 4.79 Å². The van der Waals surface area contributed by atoms with Gasteiger partial charge in [-0.2, -0.15) is 0 Å². The molecule has 5 nitrogen and oxygen atoms in total. The number of aromatic nitrogens is 3. The van der Waals surface area contributed by atoms with Gasteiger partial charge in [-0.05, 0) is 107 Å². The van der Waals surface area contributed by atoms with E-state index in [9.17, 15) is 0 Å². The molecule has 5 heteroatoms. The van der Waals surface area contributed by atoms with Crippen LogP contribution < -0.4 is 4.74 Å². The van der Waals surface area contributed by atoms with Gasteiger partial charge in [-0.1, -0.05) is 176 Å². The largest absolute Gasteiger partial charge is 0.426 e. The summed E-state index contributed by atoms with van der Waals surface area (Å²) in [5.41, 5.74) is 15.0. The summed E-state index contributed by atoms with van der Waals surface area (Å²) < 4.78 is 6.40. The lowest BCUT2D eigenvalue weighted by molar-refractivity contribution is -0.135. The number of ether oxygens (including phenoxy) is 1. The molecule has 3 atom stereocenters. The van der Waals surface area contributed by atoms with E-state index in [1.165, 1.54) is 22.3 Å². The first kappa shape index (κ1) is 40.5. The molecule has 0 saturated carbocycles. The molecule has 3 aromatic heterocycles. The number of pyridine rings is 3. The Morgan fingerprint density at radius 3 is 1.26 bits per heavy atom. The Kier molecular flexibility index (Phi) is 8.97. The van der Waals surface area contributed by atoms with Gasteiger partial charge in [-0.15, -0.1) is 0 Å². The highest BCUT2D eigenvalue weighted by molar-refractivity contribution is 5.94. The zero-order valence-corrected chi connectivity index (χ0v) is 38.3. The molecule has 3 aliphatic rings. The van der Waals surface area contributed by atoms with Crippen LogP contribution in [0, 0.1) is 0 Å². The molecule has 70 heavy (non-hydrogen) atoms. The van der Waals surface area contributed by atoms with Gasteiger partial charge >= 0.3 is 5.97 Å². The number of carbonyl (C=O) groups is 1. The first-order valence-corrected chi connectivity index (χ1v) is 24.3. The molecule has 0 unspecified atom stereocenters. The number of para-hydroxylation sites is 4. The molecule has 0 amide bonds. The van der Waals surface area contributed by atoms with Gasteiger partial charge in [0.15, 0.2) is 0 Å². The van der Waals surface area contributed by atoms with E-state index < -0.39 is 16.2 Å². The van der Waals surface area contributed by atoms with Crippen molar-refractivity contribution in [1.29, 1.82) is 0 Å². The van der Waals surface area contributed by atoms with Gasteiger partial charge in [0.2, 0.25) is 0 Å². The summed E-state index contributed by atoms with van der Waals surface area (Å²) in [6, 6.07) is 79.5. The SMILES string of the molecule is O=C(C[C@]1(C[C@]2(C[C@]3(Cc4ccccc4)c4ccccc4-c4nc5ccccc5cc43)c3ccccc3-c3nc4ccccc4cc32)c2ccccc2-c2nc3ccccc3cc21)Oc1ccccc1. The average Bonchev–Trinajstić information content (AvgIpc) is 3.92.